The molecule has 0 aromatic heterocycles. The Morgan fingerprint density at radius 3 is 2.35 bits per heavy atom. The summed E-state index contributed by atoms with van der Waals surface area (Å²) in [6.45, 7) is 0. The van der Waals surface area contributed by atoms with E-state index in [4.69, 9.17) is 0 Å². The molecule has 0 bridgehead atoms. The summed E-state index contributed by atoms with van der Waals surface area (Å²) < 4.78 is 0. The molecule has 92 valence electrons. The number of nitrogens with zero attached hydrogens (tertiary/aromatic N) is 1. The number of hydrogen-bond donors (Lipinski definition) is 0. The first-order chi connectivity index (χ1) is 9.88. The molecule has 3 aromatic rings. The van der Waals surface area contributed by atoms with Crippen LogP contribution in [0.3, 0.4) is 0 Å². The number of nitriles is 1. The summed E-state index contributed by atoms with van der Waals surface area (Å²) in [5, 5.41) is 11.9. The molecule has 0 spiro atoms. The summed E-state index contributed by atoms with van der Waals surface area (Å²) in [6, 6.07) is 22.8. The molecule has 4 rings (SSSR count). The average molecular weight is 253 g/mol. The van der Waals surface area contributed by atoms with Crippen molar-refractivity contribution in [3.63, 3.8) is 0 Å². The van der Waals surface area contributed by atoms with E-state index < -0.39 is 0 Å². The van der Waals surface area contributed by atoms with Crippen molar-refractivity contribution in [1.82, 2.24) is 0 Å². The minimum atomic E-state index is 0.726. The largest absolute Gasteiger partial charge is 0.192 e. The third kappa shape index (κ3) is 1.42. The van der Waals surface area contributed by atoms with Crippen LogP contribution in [0.2, 0.25) is 0 Å². The van der Waals surface area contributed by atoms with E-state index in [1.807, 2.05) is 24.3 Å². The molecule has 0 saturated carbocycles. The third-order valence-corrected chi connectivity index (χ3v) is 3.86. The van der Waals surface area contributed by atoms with Crippen LogP contribution >= 0.6 is 0 Å². The van der Waals surface area contributed by atoms with Gasteiger partial charge in [-0.05, 0) is 39.6 Å². The molecule has 1 heteroatoms. The normalized spacial score (nSPS) is 12.2. The van der Waals surface area contributed by atoms with Gasteiger partial charge in [0.05, 0.1) is 11.6 Å². The van der Waals surface area contributed by atoms with Gasteiger partial charge < -0.3 is 0 Å². The van der Waals surface area contributed by atoms with Crippen molar-refractivity contribution in [3.8, 4) is 6.07 Å². The summed E-state index contributed by atoms with van der Waals surface area (Å²) in [5.74, 6) is 0. The lowest BCUT2D eigenvalue weighted by atomic mass is 9.95. The Bertz CT molecular complexity index is 905. The molecule has 0 heterocycles. The Morgan fingerprint density at radius 2 is 1.50 bits per heavy atom. The van der Waals surface area contributed by atoms with Crippen LogP contribution in [-0.2, 0) is 0 Å². The van der Waals surface area contributed by atoms with E-state index in [0.29, 0.717) is 0 Å². The third-order valence-electron chi connectivity index (χ3n) is 3.86. The van der Waals surface area contributed by atoms with Gasteiger partial charge in [0.25, 0.3) is 0 Å². The van der Waals surface area contributed by atoms with Gasteiger partial charge in [-0.2, -0.15) is 5.26 Å². The second kappa shape index (κ2) is 4.08. The highest BCUT2D eigenvalue weighted by Gasteiger charge is 2.18. The van der Waals surface area contributed by atoms with Crippen LogP contribution in [0, 0.1) is 11.3 Å². The summed E-state index contributed by atoms with van der Waals surface area (Å²) in [7, 11) is 0. The maximum Gasteiger partial charge on any atom is 0.0998 e. The first-order valence-electron chi connectivity index (χ1n) is 6.62. The minimum Gasteiger partial charge on any atom is -0.192 e. The number of hydrogen-bond acceptors (Lipinski definition) is 1. The van der Waals surface area contributed by atoms with E-state index in [2.05, 4.69) is 48.5 Å². The van der Waals surface area contributed by atoms with Crippen molar-refractivity contribution in [2.75, 3.05) is 0 Å². The van der Waals surface area contributed by atoms with Crippen LogP contribution in [0.15, 0.2) is 60.7 Å². The van der Waals surface area contributed by atoms with E-state index in [1.54, 1.807) is 0 Å². The lowest BCUT2D eigenvalue weighted by molar-refractivity contribution is 1.46. The Balaban J connectivity index is 2.05. The van der Waals surface area contributed by atoms with Gasteiger partial charge in [-0.3, -0.25) is 0 Å². The molecule has 0 unspecified atom stereocenters. The van der Waals surface area contributed by atoms with Gasteiger partial charge in [-0.1, -0.05) is 54.6 Å². The zero-order chi connectivity index (χ0) is 13.5. The highest BCUT2D eigenvalue weighted by Crippen LogP contribution is 2.40. The highest BCUT2D eigenvalue weighted by molar-refractivity contribution is 6.13. The van der Waals surface area contributed by atoms with Gasteiger partial charge in [0, 0.05) is 5.56 Å². The van der Waals surface area contributed by atoms with Gasteiger partial charge in [0.2, 0.25) is 0 Å². The smallest absolute Gasteiger partial charge is 0.0998 e. The van der Waals surface area contributed by atoms with Crippen molar-refractivity contribution in [2.24, 2.45) is 0 Å². The summed E-state index contributed by atoms with van der Waals surface area (Å²) >= 11 is 0. The van der Waals surface area contributed by atoms with Gasteiger partial charge in [-0.15, -0.1) is 0 Å². The lowest BCUT2D eigenvalue weighted by Crippen LogP contribution is -1.89. The molecule has 0 aliphatic heterocycles. The van der Waals surface area contributed by atoms with Crippen LogP contribution in [-0.4, -0.2) is 0 Å². The molecular weight excluding hydrogens is 242 g/mol. The lowest BCUT2D eigenvalue weighted by Gasteiger charge is -2.07. The van der Waals surface area contributed by atoms with Crippen molar-refractivity contribution < 1.29 is 0 Å². The summed E-state index contributed by atoms with van der Waals surface area (Å²) in [4.78, 5) is 0. The molecule has 0 saturated heterocycles. The molecule has 0 fully saturated rings. The SMILES string of the molecule is N#Cc1ccccc1C1=Cc2cccc3cccc1c23. The fourth-order valence-corrected chi connectivity index (χ4v) is 2.99. The van der Waals surface area contributed by atoms with E-state index in [1.165, 1.54) is 21.9 Å². The van der Waals surface area contributed by atoms with Crippen LogP contribution in [0.25, 0.3) is 22.4 Å². The van der Waals surface area contributed by atoms with Crippen molar-refractivity contribution in [3.05, 3.63) is 82.9 Å². The minimum absolute atomic E-state index is 0.726. The number of rotatable bonds is 1. The second-order valence-corrected chi connectivity index (χ2v) is 4.97. The Morgan fingerprint density at radius 1 is 0.750 bits per heavy atom. The van der Waals surface area contributed by atoms with E-state index in [0.717, 1.165) is 16.7 Å². The predicted octanol–water partition coefficient (Wildman–Crippen LogP) is 4.61. The zero-order valence-electron chi connectivity index (χ0n) is 10.8. The standard InChI is InChI=1S/C19H11N/c20-12-15-5-1-2-9-16(15)18-11-14-8-3-6-13-7-4-10-17(18)19(13)14/h1-11H. The van der Waals surface area contributed by atoms with Crippen molar-refractivity contribution >= 4 is 22.4 Å². The van der Waals surface area contributed by atoms with Gasteiger partial charge in [0.15, 0.2) is 0 Å². The Kier molecular flexibility index (Phi) is 2.25. The molecular formula is C19H11N. The van der Waals surface area contributed by atoms with Crippen LogP contribution in [0.4, 0.5) is 0 Å². The fraction of sp³-hybridized carbons (Fsp3) is 0. The van der Waals surface area contributed by atoms with E-state index in [9.17, 15) is 5.26 Å². The molecule has 1 aliphatic rings. The van der Waals surface area contributed by atoms with Crippen LogP contribution in [0.5, 0.6) is 0 Å². The number of benzene rings is 3. The van der Waals surface area contributed by atoms with Gasteiger partial charge >= 0.3 is 0 Å². The van der Waals surface area contributed by atoms with Crippen LogP contribution < -0.4 is 0 Å². The van der Waals surface area contributed by atoms with E-state index >= 15 is 0 Å². The first-order valence-corrected chi connectivity index (χ1v) is 6.62. The van der Waals surface area contributed by atoms with Crippen LogP contribution in [0.1, 0.15) is 22.3 Å². The Hall–Kier alpha value is -2.85. The summed E-state index contributed by atoms with van der Waals surface area (Å²) in [6.07, 6.45) is 2.19. The van der Waals surface area contributed by atoms with Gasteiger partial charge in [-0.25, -0.2) is 0 Å². The highest BCUT2D eigenvalue weighted by atomic mass is 14.3. The first kappa shape index (κ1) is 11.0. The molecule has 20 heavy (non-hydrogen) atoms. The molecule has 1 nitrogen and oxygen atoms in total. The quantitative estimate of drug-likeness (QED) is 0.486. The second-order valence-electron chi connectivity index (χ2n) is 4.97. The predicted molar refractivity (Wildman–Crippen MR) is 82.1 cm³/mol. The fourth-order valence-electron chi connectivity index (χ4n) is 2.99. The average Bonchev–Trinajstić information content (AvgIpc) is 2.89. The van der Waals surface area contributed by atoms with Crippen molar-refractivity contribution in [2.45, 2.75) is 0 Å². The topological polar surface area (TPSA) is 23.8 Å². The zero-order valence-corrected chi connectivity index (χ0v) is 10.8. The Labute approximate surface area is 117 Å². The summed E-state index contributed by atoms with van der Waals surface area (Å²) in [5.41, 5.74) is 5.35. The molecule has 0 amide bonds. The monoisotopic (exact) mass is 253 g/mol. The van der Waals surface area contributed by atoms with Crippen molar-refractivity contribution in [1.29, 1.82) is 5.26 Å². The van der Waals surface area contributed by atoms with Gasteiger partial charge in [0.1, 0.15) is 0 Å². The molecule has 0 radical (unpaired) electrons. The van der Waals surface area contributed by atoms with E-state index in [-0.39, 0.29) is 0 Å². The molecule has 3 aromatic carbocycles. The molecule has 0 N–H and O–H groups in total. The molecule has 1 aliphatic carbocycles. The maximum atomic E-state index is 9.31. The molecule has 0 atom stereocenters. The maximum absolute atomic E-state index is 9.31.